The molecule has 0 unspecified atom stereocenters. The van der Waals surface area contributed by atoms with Crippen molar-refractivity contribution in [2.45, 2.75) is 83.9 Å². The second kappa shape index (κ2) is 14.2. The molecule has 1 N–H and O–H groups in total. The van der Waals surface area contributed by atoms with Gasteiger partial charge in [-0.1, -0.05) is 20.8 Å². The standard InChI is InChI=1S/C21H30O11/c1-4-7-15(24)29-13-12-28-21(32-18(27)11-10-14(22)23)20(31-17(26)9-6-3)19(13)30-16(25)8-5-2/h10-11,13,19-21H,4-9,12H2,1-3H3,(H,22,23)/b11-10+/t13-,19+,20-,21+/m1/s1. The molecule has 0 saturated carbocycles. The lowest BCUT2D eigenvalue weighted by molar-refractivity contribution is -0.274. The summed E-state index contributed by atoms with van der Waals surface area (Å²) in [5.74, 6) is -4.29. The molecule has 4 atom stereocenters. The van der Waals surface area contributed by atoms with Crippen LogP contribution in [0.3, 0.4) is 0 Å². The second-order valence-corrected chi connectivity index (χ2v) is 7.00. The van der Waals surface area contributed by atoms with Crippen molar-refractivity contribution in [3.63, 3.8) is 0 Å². The Morgan fingerprint density at radius 2 is 1.28 bits per heavy atom. The molecule has 0 aromatic carbocycles. The Morgan fingerprint density at radius 1 is 0.781 bits per heavy atom. The van der Waals surface area contributed by atoms with Gasteiger partial charge < -0.3 is 28.8 Å². The van der Waals surface area contributed by atoms with Gasteiger partial charge in [0.1, 0.15) is 0 Å². The van der Waals surface area contributed by atoms with Crippen molar-refractivity contribution in [1.82, 2.24) is 0 Å². The molecule has 0 aliphatic carbocycles. The number of carboxylic acids is 1. The largest absolute Gasteiger partial charge is 0.478 e. The van der Waals surface area contributed by atoms with E-state index in [4.69, 9.17) is 28.8 Å². The SMILES string of the molecule is CCCC(=O)O[C@@H]1[C@@H](OC(=O)CCC)[C@H](OC(=O)/C=C/C(=O)O)OC[C@H]1OC(=O)CCC. The van der Waals surface area contributed by atoms with Crippen LogP contribution in [-0.2, 0) is 47.7 Å². The molecule has 1 aliphatic rings. The third kappa shape index (κ3) is 9.46. The molecule has 0 aromatic rings. The third-order valence-corrected chi connectivity index (χ3v) is 4.16. The summed E-state index contributed by atoms with van der Waals surface area (Å²) in [6.45, 7) is 5.00. The number of carbonyl (C=O) groups is 5. The van der Waals surface area contributed by atoms with Crippen LogP contribution in [-0.4, -0.2) is 66.2 Å². The number of ether oxygens (including phenoxy) is 5. The van der Waals surface area contributed by atoms with Crippen LogP contribution in [0.15, 0.2) is 12.2 Å². The highest BCUT2D eigenvalue weighted by atomic mass is 16.7. The van der Waals surface area contributed by atoms with Crippen LogP contribution in [0.5, 0.6) is 0 Å². The number of rotatable bonds is 12. The minimum Gasteiger partial charge on any atom is -0.478 e. The van der Waals surface area contributed by atoms with Gasteiger partial charge in [0.05, 0.1) is 6.61 Å². The van der Waals surface area contributed by atoms with E-state index in [0.29, 0.717) is 31.4 Å². The number of hydrogen-bond donors (Lipinski definition) is 1. The maximum Gasteiger partial charge on any atom is 0.333 e. The Kier molecular flexibility index (Phi) is 12.0. The van der Waals surface area contributed by atoms with Crippen molar-refractivity contribution in [3.8, 4) is 0 Å². The van der Waals surface area contributed by atoms with Crippen molar-refractivity contribution >= 4 is 29.8 Å². The smallest absolute Gasteiger partial charge is 0.333 e. The lowest BCUT2D eigenvalue weighted by Gasteiger charge is -2.40. The molecule has 1 saturated heterocycles. The van der Waals surface area contributed by atoms with E-state index in [9.17, 15) is 24.0 Å². The summed E-state index contributed by atoms with van der Waals surface area (Å²) in [6.07, 6.45) is -2.41. The predicted molar refractivity (Wildman–Crippen MR) is 107 cm³/mol. The molecular weight excluding hydrogens is 428 g/mol. The van der Waals surface area contributed by atoms with Crippen LogP contribution in [0.4, 0.5) is 0 Å². The summed E-state index contributed by atoms with van der Waals surface area (Å²) in [4.78, 5) is 59.0. The molecule has 11 heteroatoms. The van der Waals surface area contributed by atoms with Crippen molar-refractivity contribution in [1.29, 1.82) is 0 Å². The van der Waals surface area contributed by atoms with Gasteiger partial charge >= 0.3 is 29.8 Å². The van der Waals surface area contributed by atoms with E-state index >= 15 is 0 Å². The highest BCUT2D eigenvalue weighted by Gasteiger charge is 2.49. The molecule has 0 amide bonds. The molecule has 0 bridgehead atoms. The van der Waals surface area contributed by atoms with Gasteiger partial charge in [0.15, 0.2) is 12.2 Å². The van der Waals surface area contributed by atoms with Crippen LogP contribution >= 0.6 is 0 Å². The quantitative estimate of drug-likeness (QED) is 0.258. The summed E-state index contributed by atoms with van der Waals surface area (Å²) < 4.78 is 26.7. The van der Waals surface area contributed by atoms with Crippen molar-refractivity contribution < 1.29 is 52.8 Å². The van der Waals surface area contributed by atoms with Crippen LogP contribution in [0.25, 0.3) is 0 Å². The first-order valence-corrected chi connectivity index (χ1v) is 10.5. The average molecular weight is 458 g/mol. The molecule has 0 aromatic heterocycles. The van der Waals surface area contributed by atoms with Crippen molar-refractivity contribution in [2.24, 2.45) is 0 Å². The van der Waals surface area contributed by atoms with Crippen molar-refractivity contribution in [2.75, 3.05) is 6.61 Å². The first-order chi connectivity index (χ1) is 15.2. The molecule has 180 valence electrons. The number of hydrogen-bond acceptors (Lipinski definition) is 10. The van der Waals surface area contributed by atoms with Gasteiger partial charge in [-0.25, -0.2) is 9.59 Å². The Balaban J connectivity index is 3.17. The van der Waals surface area contributed by atoms with Crippen molar-refractivity contribution in [3.05, 3.63) is 12.2 Å². The second-order valence-electron chi connectivity index (χ2n) is 7.00. The maximum atomic E-state index is 12.2. The summed E-state index contributed by atoms with van der Waals surface area (Å²) in [6, 6.07) is 0. The van der Waals surface area contributed by atoms with Crippen LogP contribution < -0.4 is 0 Å². The number of esters is 4. The first kappa shape index (κ1) is 27.1. The Morgan fingerprint density at radius 3 is 1.78 bits per heavy atom. The molecule has 0 radical (unpaired) electrons. The summed E-state index contributed by atoms with van der Waals surface area (Å²) >= 11 is 0. The zero-order valence-corrected chi connectivity index (χ0v) is 18.4. The highest BCUT2D eigenvalue weighted by Crippen LogP contribution is 2.26. The van der Waals surface area contributed by atoms with E-state index in [1.165, 1.54) is 0 Å². The van der Waals surface area contributed by atoms with Crippen LogP contribution in [0.1, 0.15) is 59.3 Å². The van der Waals surface area contributed by atoms with E-state index < -0.39 is 54.4 Å². The van der Waals surface area contributed by atoms with Gasteiger partial charge in [-0.05, 0) is 19.3 Å². The van der Waals surface area contributed by atoms with Gasteiger partial charge in [0.25, 0.3) is 0 Å². The molecule has 1 rings (SSSR count). The van der Waals surface area contributed by atoms with Gasteiger partial charge in [-0.3, -0.25) is 14.4 Å². The number of carboxylic acid groups (broad SMARTS) is 1. The fraction of sp³-hybridized carbons (Fsp3) is 0.667. The Bertz CT molecular complexity index is 700. The normalized spacial score (nSPS) is 22.7. The van der Waals surface area contributed by atoms with Crippen LogP contribution in [0.2, 0.25) is 0 Å². The minimum atomic E-state index is -1.51. The Hall–Kier alpha value is -2.95. The maximum absolute atomic E-state index is 12.2. The van der Waals surface area contributed by atoms with Gasteiger partial charge in [0.2, 0.25) is 12.4 Å². The van der Waals surface area contributed by atoms with E-state index in [0.717, 1.165) is 0 Å². The molecule has 0 spiro atoms. The molecule has 1 aliphatic heterocycles. The van der Waals surface area contributed by atoms with Crippen LogP contribution in [0, 0.1) is 0 Å². The van der Waals surface area contributed by atoms with E-state index in [1.54, 1.807) is 20.8 Å². The minimum absolute atomic E-state index is 0.0337. The number of aliphatic carboxylic acids is 1. The lowest BCUT2D eigenvalue weighted by atomic mass is 10.0. The number of carbonyl (C=O) groups excluding carboxylic acids is 4. The molecule has 1 fully saturated rings. The Labute approximate surface area is 186 Å². The lowest BCUT2D eigenvalue weighted by Crippen LogP contribution is -2.58. The van der Waals surface area contributed by atoms with Gasteiger partial charge in [-0.15, -0.1) is 0 Å². The molecule has 32 heavy (non-hydrogen) atoms. The van der Waals surface area contributed by atoms with Gasteiger partial charge in [0, 0.05) is 31.4 Å². The topological polar surface area (TPSA) is 152 Å². The van der Waals surface area contributed by atoms with E-state index in [1.807, 2.05) is 0 Å². The zero-order chi connectivity index (χ0) is 24.1. The summed E-state index contributed by atoms with van der Waals surface area (Å²) in [7, 11) is 0. The van der Waals surface area contributed by atoms with E-state index in [-0.39, 0.29) is 25.9 Å². The zero-order valence-electron chi connectivity index (χ0n) is 18.4. The molecule has 1 heterocycles. The molecular formula is C21H30O11. The average Bonchev–Trinajstić information content (AvgIpc) is 2.71. The molecule has 11 nitrogen and oxygen atoms in total. The summed E-state index contributed by atoms with van der Waals surface area (Å²) in [5.41, 5.74) is 0. The van der Waals surface area contributed by atoms with Gasteiger partial charge in [-0.2, -0.15) is 0 Å². The van der Waals surface area contributed by atoms with E-state index in [2.05, 4.69) is 0 Å². The third-order valence-electron chi connectivity index (χ3n) is 4.16. The monoisotopic (exact) mass is 458 g/mol. The predicted octanol–water partition coefficient (Wildman–Crippen LogP) is 1.66. The fourth-order valence-corrected chi connectivity index (χ4v) is 2.77. The summed E-state index contributed by atoms with van der Waals surface area (Å²) in [5, 5.41) is 8.65. The fourth-order valence-electron chi connectivity index (χ4n) is 2.77. The first-order valence-electron chi connectivity index (χ1n) is 10.5. The highest BCUT2D eigenvalue weighted by molar-refractivity contribution is 5.90.